The van der Waals surface area contributed by atoms with E-state index in [1.54, 1.807) is 0 Å². The SMILES string of the molecule is CC(C)OCCOc1ccccc1C(C)(C)C. The van der Waals surface area contributed by atoms with E-state index in [-0.39, 0.29) is 11.5 Å². The third kappa shape index (κ3) is 4.78. The first-order valence-corrected chi connectivity index (χ1v) is 6.25. The molecular weight excluding hydrogens is 212 g/mol. The van der Waals surface area contributed by atoms with E-state index >= 15 is 0 Å². The van der Waals surface area contributed by atoms with Crippen LogP contribution in [0, 0.1) is 0 Å². The fourth-order valence-corrected chi connectivity index (χ4v) is 1.65. The quantitative estimate of drug-likeness (QED) is 0.724. The Morgan fingerprint density at radius 2 is 1.71 bits per heavy atom. The van der Waals surface area contributed by atoms with Crippen molar-refractivity contribution < 1.29 is 9.47 Å². The van der Waals surface area contributed by atoms with Crippen molar-refractivity contribution in [3.8, 4) is 5.75 Å². The van der Waals surface area contributed by atoms with Gasteiger partial charge in [0.15, 0.2) is 0 Å². The molecule has 2 heteroatoms. The minimum atomic E-state index is 0.107. The number of hydrogen-bond donors (Lipinski definition) is 0. The predicted molar refractivity (Wildman–Crippen MR) is 71.7 cm³/mol. The minimum Gasteiger partial charge on any atom is -0.491 e. The summed E-state index contributed by atoms with van der Waals surface area (Å²) in [6.07, 6.45) is 0.261. The van der Waals surface area contributed by atoms with Gasteiger partial charge in [-0.1, -0.05) is 39.0 Å². The van der Waals surface area contributed by atoms with Crippen LogP contribution >= 0.6 is 0 Å². The Morgan fingerprint density at radius 1 is 1.06 bits per heavy atom. The molecule has 0 aromatic heterocycles. The summed E-state index contributed by atoms with van der Waals surface area (Å²) in [5, 5.41) is 0. The molecule has 0 saturated heterocycles. The van der Waals surface area contributed by atoms with Gasteiger partial charge in [-0.25, -0.2) is 0 Å². The van der Waals surface area contributed by atoms with Gasteiger partial charge in [-0.05, 0) is 30.9 Å². The van der Waals surface area contributed by atoms with Crippen LogP contribution in [0.1, 0.15) is 40.2 Å². The summed E-state index contributed by atoms with van der Waals surface area (Å²) in [5.74, 6) is 0.965. The second kappa shape index (κ2) is 6.06. The molecule has 2 nitrogen and oxygen atoms in total. The van der Waals surface area contributed by atoms with Crippen molar-refractivity contribution >= 4 is 0 Å². The lowest BCUT2D eigenvalue weighted by Crippen LogP contribution is -2.16. The van der Waals surface area contributed by atoms with E-state index in [1.807, 2.05) is 26.0 Å². The molecule has 0 spiro atoms. The first-order valence-electron chi connectivity index (χ1n) is 6.25. The van der Waals surface area contributed by atoms with Crippen molar-refractivity contribution in [2.45, 2.75) is 46.1 Å². The first kappa shape index (κ1) is 14.0. The zero-order chi connectivity index (χ0) is 12.9. The van der Waals surface area contributed by atoms with Crippen LogP contribution in [0.3, 0.4) is 0 Å². The zero-order valence-corrected chi connectivity index (χ0v) is 11.6. The number of ether oxygens (including phenoxy) is 2. The van der Waals surface area contributed by atoms with Gasteiger partial charge in [-0.15, -0.1) is 0 Å². The molecule has 96 valence electrons. The number of benzene rings is 1. The van der Waals surface area contributed by atoms with Gasteiger partial charge in [0.1, 0.15) is 12.4 Å². The van der Waals surface area contributed by atoms with E-state index in [1.165, 1.54) is 5.56 Å². The van der Waals surface area contributed by atoms with Crippen molar-refractivity contribution in [3.05, 3.63) is 29.8 Å². The van der Waals surface area contributed by atoms with Gasteiger partial charge in [-0.2, -0.15) is 0 Å². The highest BCUT2D eigenvalue weighted by atomic mass is 16.5. The molecule has 0 aliphatic heterocycles. The normalized spacial score (nSPS) is 11.9. The van der Waals surface area contributed by atoms with Crippen LogP contribution in [-0.4, -0.2) is 19.3 Å². The van der Waals surface area contributed by atoms with E-state index in [4.69, 9.17) is 9.47 Å². The highest BCUT2D eigenvalue weighted by Crippen LogP contribution is 2.30. The summed E-state index contributed by atoms with van der Waals surface area (Å²) in [6.45, 7) is 11.9. The fraction of sp³-hybridized carbons (Fsp3) is 0.600. The second-order valence-corrected chi connectivity index (χ2v) is 5.51. The summed E-state index contributed by atoms with van der Waals surface area (Å²) in [5.41, 5.74) is 1.35. The molecule has 1 aromatic carbocycles. The van der Waals surface area contributed by atoms with Crippen molar-refractivity contribution in [1.82, 2.24) is 0 Å². The summed E-state index contributed by atoms with van der Waals surface area (Å²) in [4.78, 5) is 0. The molecule has 0 aliphatic rings. The number of rotatable bonds is 5. The van der Waals surface area contributed by atoms with Crippen LogP contribution < -0.4 is 4.74 Å². The predicted octanol–water partition coefficient (Wildman–Crippen LogP) is 3.79. The van der Waals surface area contributed by atoms with Gasteiger partial charge < -0.3 is 9.47 Å². The Morgan fingerprint density at radius 3 is 2.29 bits per heavy atom. The zero-order valence-electron chi connectivity index (χ0n) is 11.6. The summed E-state index contributed by atoms with van der Waals surface area (Å²) < 4.78 is 11.3. The van der Waals surface area contributed by atoms with Crippen molar-refractivity contribution in [3.63, 3.8) is 0 Å². The fourth-order valence-electron chi connectivity index (χ4n) is 1.65. The average molecular weight is 236 g/mol. The van der Waals surface area contributed by atoms with Crippen molar-refractivity contribution in [1.29, 1.82) is 0 Å². The minimum absolute atomic E-state index is 0.107. The van der Waals surface area contributed by atoms with Gasteiger partial charge in [0.2, 0.25) is 0 Å². The molecular formula is C15H24O2. The topological polar surface area (TPSA) is 18.5 Å². The summed E-state index contributed by atoms with van der Waals surface area (Å²) in [7, 11) is 0. The molecule has 1 rings (SSSR count). The van der Waals surface area contributed by atoms with E-state index in [9.17, 15) is 0 Å². The lowest BCUT2D eigenvalue weighted by atomic mass is 9.86. The molecule has 17 heavy (non-hydrogen) atoms. The Labute approximate surface area is 105 Å². The molecule has 0 amide bonds. The van der Waals surface area contributed by atoms with Crippen molar-refractivity contribution in [2.75, 3.05) is 13.2 Å². The van der Waals surface area contributed by atoms with Gasteiger partial charge in [0.05, 0.1) is 12.7 Å². The lowest BCUT2D eigenvalue weighted by Gasteiger charge is -2.22. The van der Waals surface area contributed by atoms with Crippen LogP contribution in [0.2, 0.25) is 0 Å². The third-order valence-corrected chi connectivity index (χ3v) is 2.49. The van der Waals surface area contributed by atoms with E-state index in [2.05, 4.69) is 32.9 Å². The summed E-state index contributed by atoms with van der Waals surface area (Å²) in [6, 6.07) is 8.21. The van der Waals surface area contributed by atoms with Crippen LogP contribution in [0.5, 0.6) is 5.75 Å². The van der Waals surface area contributed by atoms with Crippen LogP contribution in [0.15, 0.2) is 24.3 Å². The van der Waals surface area contributed by atoms with Gasteiger partial charge in [-0.3, -0.25) is 0 Å². The van der Waals surface area contributed by atoms with Crippen LogP contribution in [0.25, 0.3) is 0 Å². The second-order valence-electron chi connectivity index (χ2n) is 5.51. The molecule has 0 atom stereocenters. The molecule has 0 radical (unpaired) electrons. The Kier molecular flexibility index (Phi) is 5.01. The number of para-hydroxylation sites is 1. The van der Waals surface area contributed by atoms with Crippen LogP contribution in [-0.2, 0) is 10.2 Å². The molecule has 0 aliphatic carbocycles. The largest absolute Gasteiger partial charge is 0.491 e. The molecule has 0 unspecified atom stereocenters. The highest BCUT2D eigenvalue weighted by Gasteiger charge is 2.18. The monoisotopic (exact) mass is 236 g/mol. The summed E-state index contributed by atoms with van der Waals surface area (Å²) >= 11 is 0. The molecule has 0 heterocycles. The standard InChI is InChI=1S/C15H24O2/c1-12(2)16-10-11-17-14-9-7-6-8-13(14)15(3,4)5/h6-9,12H,10-11H2,1-5H3. The van der Waals surface area contributed by atoms with Gasteiger partial charge >= 0.3 is 0 Å². The maximum Gasteiger partial charge on any atom is 0.123 e. The van der Waals surface area contributed by atoms with Gasteiger partial charge in [0.25, 0.3) is 0 Å². The van der Waals surface area contributed by atoms with Crippen molar-refractivity contribution in [2.24, 2.45) is 0 Å². The molecule has 0 fully saturated rings. The molecule has 0 bridgehead atoms. The van der Waals surface area contributed by atoms with E-state index < -0.39 is 0 Å². The lowest BCUT2D eigenvalue weighted by molar-refractivity contribution is 0.0548. The smallest absolute Gasteiger partial charge is 0.123 e. The maximum atomic E-state index is 5.79. The Bertz CT molecular complexity index is 337. The third-order valence-electron chi connectivity index (χ3n) is 2.49. The van der Waals surface area contributed by atoms with E-state index in [0.717, 1.165) is 5.75 Å². The maximum absolute atomic E-state index is 5.79. The first-order chi connectivity index (χ1) is 7.91. The molecule has 1 aromatic rings. The van der Waals surface area contributed by atoms with Crippen LogP contribution in [0.4, 0.5) is 0 Å². The molecule has 0 saturated carbocycles. The highest BCUT2D eigenvalue weighted by molar-refractivity contribution is 5.38. The molecule has 0 N–H and O–H groups in total. The number of hydrogen-bond acceptors (Lipinski definition) is 2. The van der Waals surface area contributed by atoms with Gasteiger partial charge in [0, 0.05) is 0 Å². The Balaban J connectivity index is 2.59. The van der Waals surface area contributed by atoms with E-state index in [0.29, 0.717) is 13.2 Å². The Hall–Kier alpha value is -1.02. The average Bonchev–Trinajstić information content (AvgIpc) is 2.23.